The maximum Gasteiger partial charge on any atom is 0.317 e. The molecule has 2 atom stereocenters. The molecule has 26 heavy (non-hydrogen) atoms. The standard InChI is InChI=1S/C22H28O4/c1-25-21(23)17-13-14-18(22(24)26-2)20(16-11-7-4-8-12-16)19(17)15-9-5-3-6-10-15/h9,11,13-14,17-18H,3-8,10,12H2,1-2H3/t17-,18-/m1/s1. The number of hydrogen-bond donors (Lipinski definition) is 0. The Morgan fingerprint density at radius 3 is 1.50 bits per heavy atom. The fraction of sp³-hybridized carbons (Fsp3) is 0.545. The van der Waals surface area contributed by atoms with Crippen molar-refractivity contribution in [3.8, 4) is 0 Å². The van der Waals surface area contributed by atoms with Crippen LogP contribution in [0.2, 0.25) is 0 Å². The lowest BCUT2D eigenvalue weighted by Gasteiger charge is -2.32. The summed E-state index contributed by atoms with van der Waals surface area (Å²) >= 11 is 0. The number of hydrogen-bond acceptors (Lipinski definition) is 4. The van der Waals surface area contributed by atoms with Crippen LogP contribution in [0.4, 0.5) is 0 Å². The van der Waals surface area contributed by atoms with Gasteiger partial charge in [-0.25, -0.2) is 0 Å². The monoisotopic (exact) mass is 356 g/mol. The van der Waals surface area contributed by atoms with Crippen LogP contribution in [-0.4, -0.2) is 26.2 Å². The fourth-order valence-corrected chi connectivity index (χ4v) is 4.31. The van der Waals surface area contributed by atoms with Gasteiger partial charge in [0.1, 0.15) is 11.8 Å². The lowest BCUT2D eigenvalue weighted by atomic mass is 9.72. The van der Waals surface area contributed by atoms with Gasteiger partial charge in [-0.3, -0.25) is 9.59 Å². The van der Waals surface area contributed by atoms with E-state index in [4.69, 9.17) is 9.47 Å². The molecule has 0 aromatic heterocycles. The summed E-state index contributed by atoms with van der Waals surface area (Å²) in [7, 11) is 2.85. The van der Waals surface area contributed by atoms with E-state index in [2.05, 4.69) is 12.2 Å². The zero-order valence-corrected chi connectivity index (χ0v) is 15.8. The van der Waals surface area contributed by atoms with E-state index in [0.29, 0.717) is 0 Å². The Morgan fingerprint density at radius 2 is 1.19 bits per heavy atom. The summed E-state index contributed by atoms with van der Waals surface area (Å²) in [5, 5.41) is 0. The Kier molecular flexibility index (Phi) is 6.12. The van der Waals surface area contributed by atoms with Crippen molar-refractivity contribution in [2.45, 2.75) is 51.4 Å². The van der Waals surface area contributed by atoms with Crippen LogP contribution in [0.5, 0.6) is 0 Å². The van der Waals surface area contributed by atoms with Crippen molar-refractivity contribution in [2.24, 2.45) is 11.8 Å². The molecule has 0 amide bonds. The summed E-state index contributed by atoms with van der Waals surface area (Å²) in [6.45, 7) is 0. The van der Waals surface area contributed by atoms with Crippen LogP contribution in [0.3, 0.4) is 0 Å². The van der Waals surface area contributed by atoms with E-state index in [0.717, 1.165) is 49.7 Å². The first-order valence-corrected chi connectivity index (χ1v) is 9.64. The first-order valence-electron chi connectivity index (χ1n) is 9.64. The molecule has 3 aliphatic rings. The quantitative estimate of drug-likeness (QED) is 0.552. The minimum Gasteiger partial charge on any atom is -0.468 e. The normalized spacial score (nSPS) is 26.1. The third-order valence-corrected chi connectivity index (χ3v) is 5.59. The number of rotatable bonds is 4. The lowest BCUT2D eigenvalue weighted by molar-refractivity contribution is -0.144. The van der Waals surface area contributed by atoms with E-state index in [-0.39, 0.29) is 11.9 Å². The predicted molar refractivity (Wildman–Crippen MR) is 100 cm³/mol. The van der Waals surface area contributed by atoms with Crippen molar-refractivity contribution >= 4 is 11.9 Å². The average Bonchev–Trinajstić information content (AvgIpc) is 2.72. The predicted octanol–water partition coefficient (Wildman–Crippen LogP) is 4.43. The van der Waals surface area contributed by atoms with Crippen LogP contribution >= 0.6 is 0 Å². The molecule has 0 unspecified atom stereocenters. The summed E-state index contributed by atoms with van der Waals surface area (Å²) in [5.41, 5.74) is 4.38. The fourth-order valence-electron chi connectivity index (χ4n) is 4.31. The van der Waals surface area contributed by atoms with Gasteiger partial charge in [0.25, 0.3) is 0 Å². The SMILES string of the molecule is COC(=O)[C@@H]1C=C[C@@H](C(=O)OC)C(C2=CCCCC2)=C1C1=CCCCC1. The van der Waals surface area contributed by atoms with Crippen molar-refractivity contribution in [2.75, 3.05) is 14.2 Å². The number of methoxy groups -OCH3 is 2. The molecule has 4 nitrogen and oxygen atoms in total. The van der Waals surface area contributed by atoms with Crippen LogP contribution in [-0.2, 0) is 19.1 Å². The van der Waals surface area contributed by atoms with E-state index >= 15 is 0 Å². The van der Waals surface area contributed by atoms with Gasteiger partial charge in [-0.05, 0) is 73.7 Å². The first kappa shape index (κ1) is 18.7. The molecular weight excluding hydrogens is 328 g/mol. The number of allylic oxidation sites excluding steroid dienone is 4. The Hall–Kier alpha value is -2.10. The highest BCUT2D eigenvalue weighted by Crippen LogP contribution is 2.43. The molecule has 0 spiro atoms. The third-order valence-electron chi connectivity index (χ3n) is 5.59. The molecular formula is C22H28O4. The zero-order chi connectivity index (χ0) is 18.5. The summed E-state index contributed by atoms with van der Waals surface area (Å²) in [6.07, 6.45) is 16.6. The Morgan fingerprint density at radius 1 is 0.769 bits per heavy atom. The Bertz CT molecular complexity index is 635. The highest BCUT2D eigenvalue weighted by molar-refractivity contribution is 5.86. The highest BCUT2D eigenvalue weighted by Gasteiger charge is 2.37. The van der Waals surface area contributed by atoms with Gasteiger partial charge in [0, 0.05) is 0 Å². The van der Waals surface area contributed by atoms with E-state index in [1.807, 2.05) is 12.2 Å². The van der Waals surface area contributed by atoms with Crippen LogP contribution in [0.15, 0.2) is 46.6 Å². The van der Waals surface area contributed by atoms with E-state index in [9.17, 15) is 9.59 Å². The van der Waals surface area contributed by atoms with Gasteiger partial charge < -0.3 is 9.47 Å². The summed E-state index contributed by atoms with van der Waals surface area (Å²) in [5.74, 6) is -1.41. The van der Waals surface area contributed by atoms with Crippen molar-refractivity contribution in [3.05, 3.63) is 46.6 Å². The largest absolute Gasteiger partial charge is 0.468 e. The topological polar surface area (TPSA) is 52.6 Å². The number of esters is 2. The van der Waals surface area contributed by atoms with E-state index < -0.39 is 11.8 Å². The third kappa shape index (κ3) is 3.69. The van der Waals surface area contributed by atoms with Gasteiger partial charge in [0.05, 0.1) is 14.2 Å². The molecule has 0 heterocycles. The molecule has 0 saturated carbocycles. The smallest absolute Gasteiger partial charge is 0.317 e. The zero-order valence-electron chi connectivity index (χ0n) is 15.8. The second-order valence-electron chi connectivity index (χ2n) is 7.16. The summed E-state index contributed by atoms with van der Waals surface area (Å²) in [6, 6.07) is 0. The molecule has 0 fully saturated rings. The maximum absolute atomic E-state index is 12.5. The maximum atomic E-state index is 12.5. The Balaban J connectivity index is 2.18. The molecule has 3 aliphatic carbocycles. The number of carbonyl (C=O) groups is 2. The summed E-state index contributed by atoms with van der Waals surface area (Å²) in [4.78, 5) is 25.0. The molecule has 140 valence electrons. The first-order chi connectivity index (χ1) is 12.7. The molecule has 4 heteroatoms. The van der Waals surface area contributed by atoms with Gasteiger partial charge in [0.15, 0.2) is 0 Å². The minimum absolute atomic E-state index is 0.264. The molecule has 0 bridgehead atoms. The van der Waals surface area contributed by atoms with Crippen molar-refractivity contribution in [3.63, 3.8) is 0 Å². The molecule has 0 aliphatic heterocycles. The van der Waals surface area contributed by atoms with Gasteiger partial charge in [0.2, 0.25) is 0 Å². The van der Waals surface area contributed by atoms with E-state index in [1.54, 1.807) is 0 Å². The lowest BCUT2D eigenvalue weighted by Crippen LogP contribution is -2.29. The second-order valence-corrected chi connectivity index (χ2v) is 7.16. The van der Waals surface area contributed by atoms with Crippen molar-refractivity contribution in [1.29, 1.82) is 0 Å². The van der Waals surface area contributed by atoms with Crippen LogP contribution < -0.4 is 0 Å². The molecule has 0 saturated heterocycles. The van der Waals surface area contributed by atoms with Gasteiger partial charge in [-0.2, -0.15) is 0 Å². The van der Waals surface area contributed by atoms with Crippen LogP contribution in [0.25, 0.3) is 0 Å². The van der Waals surface area contributed by atoms with E-state index in [1.165, 1.54) is 38.2 Å². The minimum atomic E-state index is -0.442. The van der Waals surface area contributed by atoms with Gasteiger partial charge in [-0.15, -0.1) is 0 Å². The summed E-state index contributed by atoms with van der Waals surface area (Å²) < 4.78 is 10.2. The molecule has 0 radical (unpaired) electrons. The Labute approximate surface area is 155 Å². The average molecular weight is 356 g/mol. The van der Waals surface area contributed by atoms with Crippen LogP contribution in [0, 0.1) is 11.8 Å². The molecule has 0 N–H and O–H groups in total. The second kappa shape index (κ2) is 8.52. The van der Waals surface area contributed by atoms with Crippen molar-refractivity contribution < 1.29 is 19.1 Å². The number of ether oxygens (including phenoxy) is 2. The van der Waals surface area contributed by atoms with Crippen molar-refractivity contribution in [1.82, 2.24) is 0 Å². The molecule has 3 rings (SSSR count). The molecule has 0 aromatic carbocycles. The van der Waals surface area contributed by atoms with Gasteiger partial charge in [-0.1, -0.05) is 24.3 Å². The van der Waals surface area contributed by atoms with Crippen LogP contribution in [0.1, 0.15) is 51.4 Å². The number of carbonyl (C=O) groups excluding carboxylic acids is 2. The van der Waals surface area contributed by atoms with Gasteiger partial charge >= 0.3 is 11.9 Å². The highest BCUT2D eigenvalue weighted by atomic mass is 16.5. The molecule has 0 aromatic rings.